The van der Waals surface area contributed by atoms with Crippen LogP contribution >= 0.6 is 11.8 Å². The monoisotopic (exact) mass is 366 g/mol. The molecule has 0 aliphatic carbocycles. The molecule has 26 heavy (non-hydrogen) atoms. The van der Waals surface area contributed by atoms with Crippen molar-refractivity contribution in [2.75, 3.05) is 6.26 Å². The Morgan fingerprint density at radius 1 is 1.23 bits per heavy atom. The van der Waals surface area contributed by atoms with Gasteiger partial charge in [0.2, 0.25) is 0 Å². The molecule has 2 heterocycles. The second-order valence-corrected chi connectivity index (χ2v) is 6.61. The van der Waals surface area contributed by atoms with Gasteiger partial charge in [-0.15, -0.1) is 11.8 Å². The minimum atomic E-state index is -0.482. The molecule has 132 valence electrons. The quantitative estimate of drug-likeness (QED) is 0.393. The van der Waals surface area contributed by atoms with Crippen LogP contribution in [0, 0.1) is 6.92 Å². The van der Waals surface area contributed by atoms with Crippen molar-refractivity contribution in [3.8, 4) is 0 Å². The summed E-state index contributed by atoms with van der Waals surface area (Å²) in [7, 11) is 0. The van der Waals surface area contributed by atoms with E-state index in [0.29, 0.717) is 11.3 Å². The van der Waals surface area contributed by atoms with Crippen molar-refractivity contribution in [1.29, 1.82) is 0 Å². The summed E-state index contributed by atoms with van der Waals surface area (Å²) >= 11 is 1.66. The van der Waals surface area contributed by atoms with Gasteiger partial charge in [-0.3, -0.25) is 9.20 Å². The molecule has 0 saturated heterocycles. The van der Waals surface area contributed by atoms with E-state index in [-0.39, 0.29) is 12.2 Å². The number of aryl methyl sites for hydroxylation is 1. The third-order valence-corrected chi connectivity index (χ3v) is 4.49. The first-order chi connectivity index (χ1) is 12.5. The summed E-state index contributed by atoms with van der Waals surface area (Å²) < 4.78 is 6.65. The molecule has 3 rings (SSSR count). The van der Waals surface area contributed by atoms with Crippen LogP contribution in [0.25, 0.3) is 11.7 Å². The van der Waals surface area contributed by atoms with Gasteiger partial charge < -0.3 is 4.74 Å². The van der Waals surface area contributed by atoms with Gasteiger partial charge in [-0.25, -0.2) is 9.78 Å². The van der Waals surface area contributed by atoms with E-state index in [1.54, 1.807) is 30.1 Å². The summed E-state index contributed by atoms with van der Waals surface area (Å²) in [4.78, 5) is 29.5. The lowest BCUT2D eigenvalue weighted by Gasteiger charge is -2.05. The molecule has 0 aliphatic heterocycles. The van der Waals surface area contributed by atoms with Crippen molar-refractivity contribution in [3.05, 3.63) is 81.9 Å². The van der Waals surface area contributed by atoms with Crippen molar-refractivity contribution < 1.29 is 9.53 Å². The van der Waals surface area contributed by atoms with Crippen LogP contribution in [0.4, 0.5) is 0 Å². The van der Waals surface area contributed by atoms with Gasteiger partial charge in [0, 0.05) is 23.2 Å². The maximum absolute atomic E-state index is 12.1. The van der Waals surface area contributed by atoms with Gasteiger partial charge in [-0.05, 0) is 48.6 Å². The number of hydrogen-bond donors (Lipinski definition) is 0. The zero-order valence-electron chi connectivity index (χ0n) is 14.5. The smallest absolute Gasteiger partial charge is 0.331 e. The van der Waals surface area contributed by atoms with Crippen molar-refractivity contribution >= 4 is 29.5 Å². The normalized spacial score (nSPS) is 11.2. The molecule has 0 saturated carbocycles. The highest BCUT2D eigenvalue weighted by Gasteiger charge is 2.05. The fourth-order valence-corrected chi connectivity index (χ4v) is 2.81. The average Bonchev–Trinajstić information content (AvgIpc) is 2.65. The van der Waals surface area contributed by atoms with E-state index in [1.165, 1.54) is 16.5 Å². The largest absolute Gasteiger partial charge is 0.456 e. The highest BCUT2D eigenvalue weighted by atomic mass is 32.2. The number of ether oxygens (including phenoxy) is 1. The van der Waals surface area contributed by atoms with Crippen LogP contribution in [0.1, 0.15) is 16.8 Å². The minimum Gasteiger partial charge on any atom is -0.456 e. The first-order valence-corrected chi connectivity index (χ1v) is 9.25. The summed E-state index contributed by atoms with van der Waals surface area (Å²) in [6.45, 7) is 1.86. The second kappa shape index (κ2) is 8.01. The predicted molar refractivity (Wildman–Crippen MR) is 103 cm³/mol. The van der Waals surface area contributed by atoms with Crippen LogP contribution in [0.15, 0.2) is 64.4 Å². The molecule has 3 aromatic rings. The number of aromatic nitrogens is 2. The molecule has 0 atom stereocenters. The Bertz CT molecular complexity index is 1020. The molecule has 0 bridgehead atoms. The van der Waals surface area contributed by atoms with Crippen LogP contribution in [-0.4, -0.2) is 21.6 Å². The van der Waals surface area contributed by atoms with Gasteiger partial charge >= 0.3 is 5.97 Å². The number of fused-ring (bicyclic) bond motifs is 1. The average molecular weight is 366 g/mol. The summed E-state index contributed by atoms with van der Waals surface area (Å²) in [5.41, 5.74) is 2.63. The van der Waals surface area contributed by atoms with Gasteiger partial charge in [0.15, 0.2) is 0 Å². The maximum Gasteiger partial charge on any atom is 0.331 e. The van der Waals surface area contributed by atoms with Crippen molar-refractivity contribution in [1.82, 2.24) is 9.38 Å². The second-order valence-electron chi connectivity index (χ2n) is 5.73. The van der Waals surface area contributed by atoms with Gasteiger partial charge in [0.1, 0.15) is 12.3 Å². The molecule has 0 aliphatic rings. The lowest BCUT2D eigenvalue weighted by Crippen LogP contribution is -2.16. The van der Waals surface area contributed by atoms with Crippen LogP contribution < -0.4 is 5.56 Å². The third kappa shape index (κ3) is 4.40. The molecular weight excluding hydrogens is 348 g/mol. The molecule has 1 aromatic carbocycles. The summed E-state index contributed by atoms with van der Waals surface area (Å²) in [5.74, 6) is -0.482. The Labute approximate surface area is 155 Å². The lowest BCUT2D eigenvalue weighted by molar-refractivity contribution is -0.139. The number of carbonyl (C=O) groups excluding carboxylic acids is 1. The molecular formula is C20H18N2O3S. The van der Waals surface area contributed by atoms with Gasteiger partial charge in [0.25, 0.3) is 5.56 Å². The molecule has 2 aromatic heterocycles. The van der Waals surface area contributed by atoms with Crippen LogP contribution in [-0.2, 0) is 16.1 Å². The lowest BCUT2D eigenvalue weighted by atomic mass is 10.2. The fourth-order valence-electron chi connectivity index (χ4n) is 2.40. The first kappa shape index (κ1) is 17.9. The zero-order chi connectivity index (χ0) is 18.5. The molecule has 0 unspecified atom stereocenters. The van der Waals surface area contributed by atoms with E-state index in [9.17, 15) is 9.59 Å². The molecule has 0 spiro atoms. The molecule has 6 heteroatoms. The number of pyridine rings is 1. The predicted octanol–water partition coefficient (Wildman–Crippen LogP) is 3.48. The fraction of sp³-hybridized carbons (Fsp3) is 0.150. The van der Waals surface area contributed by atoms with Gasteiger partial charge in [0.05, 0.1) is 5.69 Å². The zero-order valence-corrected chi connectivity index (χ0v) is 15.3. The Morgan fingerprint density at radius 3 is 2.73 bits per heavy atom. The van der Waals surface area contributed by atoms with E-state index in [1.807, 2.05) is 43.5 Å². The van der Waals surface area contributed by atoms with Gasteiger partial charge in [-0.1, -0.05) is 18.2 Å². The van der Waals surface area contributed by atoms with Crippen molar-refractivity contribution in [2.45, 2.75) is 18.4 Å². The number of rotatable bonds is 5. The van der Waals surface area contributed by atoms with E-state index in [0.717, 1.165) is 16.0 Å². The Balaban J connectivity index is 1.65. The number of benzene rings is 1. The standard InChI is InChI=1S/C20H18N2O3S/c1-14-3-9-18-21-16(11-19(23)22(18)12-14)13-25-20(24)10-6-15-4-7-17(26-2)8-5-15/h3-12H,13H2,1-2H3/b10-6+. The summed E-state index contributed by atoms with van der Waals surface area (Å²) in [6.07, 6.45) is 6.80. The Hall–Kier alpha value is -2.86. The van der Waals surface area contributed by atoms with Crippen LogP contribution in [0.2, 0.25) is 0 Å². The molecule has 5 nitrogen and oxygen atoms in total. The summed E-state index contributed by atoms with van der Waals surface area (Å²) in [6, 6.07) is 12.9. The molecule has 0 radical (unpaired) electrons. The van der Waals surface area contributed by atoms with Crippen molar-refractivity contribution in [3.63, 3.8) is 0 Å². The topological polar surface area (TPSA) is 60.7 Å². The van der Waals surface area contributed by atoms with Gasteiger partial charge in [-0.2, -0.15) is 0 Å². The SMILES string of the molecule is CSc1ccc(/C=C/C(=O)OCc2cc(=O)n3cc(C)ccc3n2)cc1. The van der Waals surface area contributed by atoms with E-state index in [4.69, 9.17) is 4.74 Å². The van der Waals surface area contributed by atoms with Crippen molar-refractivity contribution in [2.24, 2.45) is 0 Å². The Morgan fingerprint density at radius 2 is 2.00 bits per heavy atom. The number of carbonyl (C=O) groups is 1. The highest BCUT2D eigenvalue weighted by Crippen LogP contribution is 2.15. The highest BCUT2D eigenvalue weighted by molar-refractivity contribution is 7.98. The third-order valence-electron chi connectivity index (χ3n) is 3.75. The summed E-state index contributed by atoms with van der Waals surface area (Å²) in [5, 5.41) is 0. The number of esters is 1. The number of thioether (sulfide) groups is 1. The Kier molecular flexibility index (Phi) is 5.53. The number of nitrogens with zero attached hydrogens (tertiary/aromatic N) is 2. The number of hydrogen-bond acceptors (Lipinski definition) is 5. The molecule has 0 N–H and O–H groups in total. The van der Waals surface area contributed by atoms with E-state index in [2.05, 4.69) is 4.98 Å². The van der Waals surface area contributed by atoms with Crippen LogP contribution in [0.3, 0.4) is 0 Å². The van der Waals surface area contributed by atoms with E-state index >= 15 is 0 Å². The molecule has 0 fully saturated rings. The minimum absolute atomic E-state index is 0.0474. The molecule has 0 amide bonds. The van der Waals surface area contributed by atoms with Crippen LogP contribution in [0.5, 0.6) is 0 Å². The van der Waals surface area contributed by atoms with E-state index < -0.39 is 5.97 Å². The maximum atomic E-state index is 12.1. The first-order valence-electron chi connectivity index (χ1n) is 8.03.